The Balaban J connectivity index is 1.72. The molecule has 2 rings (SSSR count). The van der Waals surface area contributed by atoms with E-state index in [9.17, 15) is 4.79 Å². The third kappa shape index (κ3) is 4.99. The largest absolute Gasteiger partial charge is 0.443 e. The summed E-state index contributed by atoms with van der Waals surface area (Å²) in [5, 5.41) is 6.30. The second kappa shape index (κ2) is 6.09. The predicted molar refractivity (Wildman–Crippen MR) is 75.2 cm³/mol. The van der Waals surface area contributed by atoms with Gasteiger partial charge in [0.25, 0.3) is 0 Å². The van der Waals surface area contributed by atoms with E-state index in [0.29, 0.717) is 12.5 Å². The van der Waals surface area contributed by atoms with Gasteiger partial charge in [0.1, 0.15) is 6.10 Å². The fraction of sp³-hybridized carbons (Fsp3) is 0.929. The van der Waals surface area contributed by atoms with Gasteiger partial charge in [-0.2, -0.15) is 0 Å². The molecule has 0 aromatic rings. The summed E-state index contributed by atoms with van der Waals surface area (Å²) in [4.78, 5) is 13.4. The monoisotopic (exact) mass is 269 g/mol. The average molecular weight is 269 g/mol. The summed E-state index contributed by atoms with van der Waals surface area (Å²) in [6.45, 7) is 11.4. The van der Waals surface area contributed by atoms with Gasteiger partial charge in [0.15, 0.2) is 0 Å². The zero-order valence-corrected chi connectivity index (χ0v) is 12.4. The number of carbonyl (C=O) groups is 1. The minimum absolute atomic E-state index is 0.0295. The lowest BCUT2D eigenvalue weighted by Crippen LogP contribution is -2.46. The van der Waals surface area contributed by atoms with E-state index in [1.165, 1.54) is 12.8 Å². The van der Waals surface area contributed by atoms with Crippen molar-refractivity contribution in [3.05, 3.63) is 0 Å². The standard InChI is InChI=1S/C14H27N3O2/c1-14(2,3)16-7-11-5-4-6-17(9-11)10-12-8-15-13(18)19-12/h11-12,16H,4-10H2,1-3H3,(H,15,18). The molecule has 2 saturated heterocycles. The van der Waals surface area contributed by atoms with E-state index in [0.717, 1.165) is 26.2 Å². The van der Waals surface area contributed by atoms with E-state index in [1.54, 1.807) is 0 Å². The number of nitrogens with one attached hydrogen (secondary N) is 2. The van der Waals surface area contributed by atoms with Crippen LogP contribution in [0.2, 0.25) is 0 Å². The SMILES string of the molecule is CC(C)(C)NCC1CCCN(CC2CNC(=O)O2)C1. The van der Waals surface area contributed by atoms with E-state index in [1.807, 2.05) is 0 Å². The fourth-order valence-corrected chi connectivity index (χ4v) is 2.76. The maximum Gasteiger partial charge on any atom is 0.407 e. The van der Waals surface area contributed by atoms with Gasteiger partial charge < -0.3 is 15.4 Å². The second-order valence-electron chi connectivity index (χ2n) is 6.81. The molecule has 2 atom stereocenters. The van der Waals surface area contributed by atoms with Crippen LogP contribution in [0.15, 0.2) is 0 Å². The van der Waals surface area contributed by atoms with Crippen molar-refractivity contribution < 1.29 is 9.53 Å². The minimum atomic E-state index is -0.270. The fourth-order valence-electron chi connectivity index (χ4n) is 2.76. The molecule has 0 spiro atoms. The molecule has 0 saturated carbocycles. The Labute approximate surface area is 116 Å². The van der Waals surface area contributed by atoms with Gasteiger partial charge in [0.2, 0.25) is 0 Å². The molecule has 2 N–H and O–H groups in total. The summed E-state index contributed by atoms with van der Waals surface area (Å²) < 4.78 is 5.21. The molecule has 2 aliphatic rings. The lowest BCUT2D eigenvalue weighted by Gasteiger charge is -2.35. The van der Waals surface area contributed by atoms with E-state index >= 15 is 0 Å². The molecule has 0 radical (unpaired) electrons. The molecule has 5 heteroatoms. The minimum Gasteiger partial charge on any atom is -0.443 e. The number of likely N-dealkylation sites (tertiary alicyclic amines) is 1. The third-order valence-electron chi connectivity index (χ3n) is 3.73. The van der Waals surface area contributed by atoms with Gasteiger partial charge in [0.05, 0.1) is 6.54 Å². The van der Waals surface area contributed by atoms with Crippen molar-refractivity contribution in [2.24, 2.45) is 5.92 Å². The molecule has 2 heterocycles. The van der Waals surface area contributed by atoms with Crippen molar-refractivity contribution in [3.63, 3.8) is 0 Å². The highest BCUT2D eigenvalue weighted by Gasteiger charge is 2.28. The van der Waals surface area contributed by atoms with Crippen LogP contribution in [-0.4, -0.2) is 55.4 Å². The summed E-state index contributed by atoms with van der Waals surface area (Å²) >= 11 is 0. The second-order valence-corrected chi connectivity index (χ2v) is 6.81. The summed E-state index contributed by atoms with van der Waals surface area (Å²) in [6.07, 6.45) is 2.29. The van der Waals surface area contributed by atoms with Crippen LogP contribution >= 0.6 is 0 Å². The molecule has 1 amide bonds. The first-order valence-corrected chi connectivity index (χ1v) is 7.34. The van der Waals surface area contributed by atoms with Crippen LogP contribution in [0.3, 0.4) is 0 Å². The van der Waals surface area contributed by atoms with Crippen LogP contribution < -0.4 is 10.6 Å². The highest BCUT2D eigenvalue weighted by Crippen LogP contribution is 2.18. The number of hydrogen-bond donors (Lipinski definition) is 2. The van der Waals surface area contributed by atoms with Gasteiger partial charge in [0, 0.05) is 18.6 Å². The van der Waals surface area contributed by atoms with E-state index in [4.69, 9.17) is 4.74 Å². The van der Waals surface area contributed by atoms with Crippen molar-refractivity contribution >= 4 is 6.09 Å². The molecule has 2 fully saturated rings. The quantitative estimate of drug-likeness (QED) is 0.805. The van der Waals surface area contributed by atoms with Crippen LogP contribution in [0.4, 0.5) is 4.79 Å². The zero-order valence-electron chi connectivity index (χ0n) is 12.4. The first kappa shape index (κ1) is 14.6. The lowest BCUT2D eigenvalue weighted by atomic mass is 9.96. The van der Waals surface area contributed by atoms with Crippen LogP contribution in [0.25, 0.3) is 0 Å². The molecular weight excluding hydrogens is 242 g/mol. The molecule has 0 aromatic heterocycles. The summed E-state index contributed by atoms with van der Waals surface area (Å²) in [6, 6.07) is 0. The normalized spacial score (nSPS) is 29.1. The molecule has 2 unspecified atom stereocenters. The summed E-state index contributed by atoms with van der Waals surface area (Å²) in [5.41, 5.74) is 0.188. The van der Waals surface area contributed by atoms with Gasteiger partial charge in [-0.3, -0.25) is 4.90 Å². The number of ether oxygens (including phenoxy) is 1. The number of nitrogens with zero attached hydrogens (tertiary/aromatic N) is 1. The van der Waals surface area contributed by atoms with Crippen LogP contribution in [0, 0.1) is 5.92 Å². The topological polar surface area (TPSA) is 53.6 Å². The molecule has 5 nitrogen and oxygen atoms in total. The molecule has 0 aliphatic carbocycles. The molecule has 2 aliphatic heterocycles. The van der Waals surface area contributed by atoms with Gasteiger partial charge in [-0.25, -0.2) is 4.79 Å². The highest BCUT2D eigenvalue weighted by atomic mass is 16.6. The Morgan fingerprint density at radius 3 is 2.89 bits per heavy atom. The molecule has 0 aromatic carbocycles. The van der Waals surface area contributed by atoms with Gasteiger partial charge >= 0.3 is 6.09 Å². The highest BCUT2D eigenvalue weighted by molar-refractivity contribution is 5.69. The Morgan fingerprint density at radius 2 is 2.26 bits per heavy atom. The Morgan fingerprint density at radius 1 is 1.47 bits per heavy atom. The van der Waals surface area contributed by atoms with E-state index in [2.05, 4.69) is 36.3 Å². The first-order valence-electron chi connectivity index (χ1n) is 7.34. The maximum absolute atomic E-state index is 11.0. The van der Waals surface area contributed by atoms with Crippen molar-refractivity contribution in [3.8, 4) is 0 Å². The Kier molecular flexibility index (Phi) is 4.68. The molecular formula is C14H27N3O2. The van der Waals surface area contributed by atoms with Crippen LogP contribution in [-0.2, 0) is 4.74 Å². The first-order chi connectivity index (χ1) is 8.92. The van der Waals surface area contributed by atoms with Crippen LogP contribution in [0.5, 0.6) is 0 Å². The van der Waals surface area contributed by atoms with Crippen molar-refractivity contribution in [2.45, 2.75) is 45.3 Å². The van der Waals surface area contributed by atoms with Gasteiger partial charge in [-0.05, 0) is 52.6 Å². The Bertz CT molecular complexity index is 314. The maximum atomic E-state index is 11.0. The van der Waals surface area contributed by atoms with Gasteiger partial charge in [-0.15, -0.1) is 0 Å². The number of carbonyl (C=O) groups excluding carboxylic acids is 1. The number of piperidine rings is 1. The summed E-state index contributed by atoms with van der Waals surface area (Å²) in [7, 11) is 0. The van der Waals surface area contributed by atoms with Crippen molar-refractivity contribution in [1.82, 2.24) is 15.5 Å². The van der Waals surface area contributed by atoms with Crippen LogP contribution in [0.1, 0.15) is 33.6 Å². The Hall–Kier alpha value is -0.810. The zero-order chi connectivity index (χ0) is 13.9. The number of amides is 1. The van der Waals surface area contributed by atoms with E-state index in [-0.39, 0.29) is 17.7 Å². The third-order valence-corrected chi connectivity index (χ3v) is 3.73. The number of rotatable bonds is 4. The van der Waals surface area contributed by atoms with Gasteiger partial charge in [-0.1, -0.05) is 0 Å². The number of hydrogen-bond acceptors (Lipinski definition) is 4. The lowest BCUT2D eigenvalue weighted by molar-refractivity contribution is 0.0860. The number of cyclic esters (lactones) is 1. The average Bonchev–Trinajstić information content (AvgIpc) is 2.72. The molecule has 19 heavy (non-hydrogen) atoms. The smallest absolute Gasteiger partial charge is 0.407 e. The molecule has 110 valence electrons. The van der Waals surface area contributed by atoms with Crippen molar-refractivity contribution in [2.75, 3.05) is 32.7 Å². The molecule has 0 bridgehead atoms. The number of alkyl carbamates (subject to hydrolysis) is 1. The summed E-state index contributed by atoms with van der Waals surface area (Å²) in [5.74, 6) is 0.707. The predicted octanol–water partition coefficient (Wildman–Crippen LogP) is 1.19. The van der Waals surface area contributed by atoms with E-state index < -0.39 is 0 Å². The van der Waals surface area contributed by atoms with Crippen molar-refractivity contribution in [1.29, 1.82) is 0 Å².